The van der Waals surface area contributed by atoms with Gasteiger partial charge in [0.15, 0.2) is 5.69 Å². The summed E-state index contributed by atoms with van der Waals surface area (Å²) < 4.78 is 0. The van der Waals surface area contributed by atoms with Crippen molar-refractivity contribution in [1.82, 2.24) is 15.0 Å². The van der Waals surface area contributed by atoms with Gasteiger partial charge >= 0.3 is 0 Å². The van der Waals surface area contributed by atoms with Crippen LogP contribution in [0, 0.1) is 25.2 Å². The van der Waals surface area contributed by atoms with Crippen molar-refractivity contribution in [2.24, 2.45) is 0 Å². The van der Waals surface area contributed by atoms with Crippen LogP contribution in [0.4, 0.5) is 16.4 Å². The van der Waals surface area contributed by atoms with Gasteiger partial charge in [-0.2, -0.15) is 5.26 Å². The molecule has 3 heterocycles. The Balaban J connectivity index is 1.85. The fourth-order valence-corrected chi connectivity index (χ4v) is 3.02. The summed E-state index contributed by atoms with van der Waals surface area (Å²) >= 11 is 1.36. The lowest BCUT2D eigenvalue weighted by molar-refractivity contribution is 0.102. The number of aromatic nitrogens is 3. The second-order valence-corrected chi connectivity index (χ2v) is 6.45. The highest BCUT2D eigenvalue weighted by Gasteiger charge is 2.18. The molecule has 3 aromatic rings. The molecular weight excluding hydrogens is 336 g/mol. The molecule has 0 atom stereocenters. The molecular formula is C17H14N6OS. The highest BCUT2D eigenvalue weighted by Crippen LogP contribution is 2.28. The van der Waals surface area contributed by atoms with E-state index in [-0.39, 0.29) is 5.91 Å². The van der Waals surface area contributed by atoms with Crippen LogP contribution in [0.25, 0.3) is 0 Å². The van der Waals surface area contributed by atoms with Crippen LogP contribution in [-0.4, -0.2) is 20.9 Å². The van der Waals surface area contributed by atoms with Gasteiger partial charge in [-0.25, -0.2) is 4.98 Å². The van der Waals surface area contributed by atoms with Crippen molar-refractivity contribution in [2.75, 3.05) is 10.6 Å². The zero-order chi connectivity index (χ0) is 17.8. The van der Waals surface area contributed by atoms with Gasteiger partial charge in [-0.05, 0) is 32.0 Å². The van der Waals surface area contributed by atoms with Crippen LogP contribution in [-0.2, 0) is 0 Å². The lowest BCUT2D eigenvalue weighted by atomic mass is 10.3. The Bertz CT molecular complexity index is 975. The molecule has 3 rings (SSSR count). The number of amides is 1. The minimum Gasteiger partial charge on any atom is -0.344 e. The van der Waals surface area contributed by atoms with E-state index in [4.69, 9.17) is 5.26 Å². The third-order valence-electron chi connectivity index (χ3n) is 3.23. The molecule has 0 unspecified atom stereocenters. The monoisotopic (exact) mass is 350 g/mol. The van der Waals surface area contributed by atoms with Gasteiger partial charge in [0.25, 0.3) is 5.91 Å². The van der Waals surface area contributed by atoms with E-state index in [9.17, 15) is 4.79 Å². The summed E-state index contributed by atoms with van der Waals surface area (Å²) in [5, 5.41) is 16.2. The molecule has 0 saturated heterocycles. The fourth-order valence-electron chi connectivity index (χ4n) is 2.18. The van der Waals surface area contributed by atoms with Gasteiger partial charge in [-0.15, -0.1) is 11.3 Å². The molecule has 3 aromatic heterocycles. The number of aryl methyl sites for hydroxylation is 2. The van der Waals surface area contributed by atoms with E-state index in [1.165, 1.54) is 17.5 Å². The van der Waals surface area contributed by atoms with Crippen molar-refractivity contribution in [1.29, 1.82) is 5.26 Å². The van der Waals surface area contributed by atoms with Crippen LogP contribution in [0.2, 0.25) is 0 Å². The van der Waals surface area contributed by atoms with Crippen molar-refractivity contribution in [3.63, 3.8) is 0 Å². The van der Waals surface area contributed by atoms with Gasteiger partial charge in [0.05, 0.1) is 22.5 Å². The van der Waals surface area contributed by atoms with Gasteiger partial charge in [0, 0.05) is 23.8 Å². The summed E-state index contributed by atoms with van der Waals surface area (Å²) in [6.07, 6.45) is 4.70. The van der Waals surface area contributed by atoms with Crippen LogP contribution >= 0.6 is 11.3 Å². The fraction of sp³-hybridized carbons (Fsp3) is 0.118. The second-order valence-electron chi connectivity index (χ2n) is 5.25. The molecule has 0 bridgehead atoms. The van der Waals surface area contributed by atoms with E-state index < -0.39 is 0 Å². The maximum absolute atomic E-state index is 12.6. The molecule has 0 aliphatic rings. The molecule has 0 aliphatic heterocycles. The smallest absolute Gasteiger partial charge is 0.277 e. The molecule has 25 heavy (non-hydrogen) atoms. The van der Waals surface area contributed by atoms with Crippen LogP contribution < -0.4 is 10.6 Å². The largest absolute Gasteiger partial charge is 0.344 e. The summed E-state index contributed by atoms with van der Waals surface area (Å²) in [5.74, 6) is -0.318. The SMILES string of the molecule is Cc1cc(NC(=O)c2nc(C)sc2Nc2cncc(C#N)c2)ccn1. The maximum atomic E-state index is 12.6. The Morgan fingerprint density at radius 3 is 2.84 bits per heavy atom. The maximum Gasteiger partial charge on any atom is 0.277 e. The number of anilines is 3. The number of carbonyl (C=O) groups excluding carboxylic acids is 1. The van der Waals surface area contributed by atoms with Crippen LogP contribution in [0.1, 0.15) is 26.8 Å². The van der Waals surface area contributed by atoms with Gasteiger partial charge in [0.2, 0.25) is 0 Å². The Kier molecular flexibility index (Phi) is 4.68. The number of hydrogen-bond acceptors (Lipinski definition) is 7. The van der Waals surface area contributed by atoms with Crippen molar-refractivity contribution >= 4 is 33.6 Å². The lowest BCUT2D eigenvalue weighted by Crippen LogP contribution is -2.14. The molecule has 8 heteroatoms. The minimum absolute atomic E-state index is 0.291. The zero-order valence-electron chi connectivity index (χ0n) is 13.6. The molecule has 0 aromatic carbocycles. The van der Waals surface area contributed by atoms with E-state index >= 15 is 0 Å². The Morgan fingerprint density at radius 2 is 2.08 bits per heavy atom. The molecule has 0 aliphatic carbocycles. The minimum atomic E-state index is -0.318. The molecule has 2 N–H and O–H groups in total. The number of nitriles is 1. The zero-order valence-corrected chi connectivity index (χ0v) is 14.4. The van der Waals surface area contributed by atoms with Crippen molar-refractivity contribution in [3.05, 3.63) is 58.7 Å². The molecule has 1 amide bonds. The van der Waals surface area contributed by atoms with Crippen molar-refractivity contribution in [2.45, 2.75) is 13.8 Å². The molecule has 0 saturated carbocycles. The summed E-state index contributed by atoms with van der Waals surface area (Å²) in [5.41, 5.74) is 2.81. The Hall–Kier alpha value is -3.31. The number of hydrogen-bond donors (Lipinski definition) is 2. The Morgan fingerprint density at radius 1 is 1.24 bits per heavy atom. The van der Waals surface area contributed by atoms with E-state index in [0.29, 0.717) is 27.6 Å². The highest BCUT2D eigenvalue weighted by atomic mass is 32.1. The summed E-state index contributed by atoms with van der Waals surface area (Å²) in [7, 11) is 0. The average molecular weight is 350 g/mol. The number of nitrogens with one attached hydrogen (secondary N) is 2. The highest BCUT2D eigenvalue weighted by molar-refractivity contribution is 7.16. The van der Waals surface area contributed by atoms with E-state index in [1.807, 2.05) is 19.9 Å². The number of nitrogens with zero attached hydrogens (tertiary/aromatic N) is 4. The van der Waals surface area contributed by atoms with Crippen LogP contribution in [0.5, 0.6) is 0 Å². The number of pyridine rings is 2. The van der Waals surface area contributed by atoms with Gasteiger partial charge in [-0.3, -0.25) is 14.8 Å². The average Bonchev–Trinajstić information content (AvgIpc) is 2.95. The van der Waals surface area contributed by atoms with E-state index in [0.717, 1.165) is 10.7 Å². The summed E-state index contributed by atoms with van der Waals surface area (Å²) in [6.45, 7) is 3.68. The first-order valence-corrected chi connectivity index (χ1v) is 8.20. The predicted octanol–water partition coefficient (Wildman–Crippen LogP) is 3.42. The summed E-state index contributed by atoms with van der Waals surface area (Å²) in [6, 6.07) is 7.20. The predicted molar refractivity (Wildman–Crippen MR) is 96.0 cm³/mol. The van der Waals surface area contributed by atoms with Crippen molar-refractivity contribution in [3.8, 4) is 6.07 Å². The Labute approximate surface area is 148 Å². The normalized spacial score (nSPS) is 10.1. The molecule has 0 fully saturated rings. The van der Waals surface area contributed by atoms with E-state index in [2.05, 4.69) is 25.6 Å². The van der Waals surface area contributed by atoms with Crippen molar-refractivity contribution < 1.29 is 4.79 Å². The topological polar surface area (TPSA) is 104 Å². The second kappa shape index (κ2) is 7.07. The number of carbonyl (C=O) groups is 1. The standard InChI is InChI=1S/C17H14N6OS/c1-10-5-13(3-4-20-10)22-16(24)15-17(25-11(2)21-15)23-14-6-12(7-18)8-19-9-14/h3-6,8-9,23H,1-2H3,(H,20,22,24). The molecule has 7 nitrogen and oxygen atoms in total. The summed E-state index contributed by atoms with van der Waals surface area (Å²) in [4.78, 5) is 25.0. The first-order chi connectivity index (χ1) is 12.0. The molecule has 0 radical (unpaired) electrons. The van der Waals surface area contributed by atoms with Crippen LogP contribution in [0.3, 0.4) is 0 Å². The molecule has 124 valence electrons. The number of thiazole rings is 1. The first-order valence-electron chi connectivity index (χ1n) is 7.39. The molecule has 0 spiro atoms. The van der Waals surface area contributed by atoms with Crippen LogP contribution in [0.15, 0.2) is 36.8 Å². The third kappa shape index (κ3) is 3.97. The van der Waals surface area contributed by atoms with Gasteiger partial charge in [0.1, 0.15) is 11.1 Å². The first kappa shape index (κ1) is 16.5. The number of rotatable bonds is 4. The van der Waals surface area contributed by atoms with Gasteiger partial charge < -0.3 is 10.6 Å². The van der Waals surface area contributed by atoms with E-state index in [1.54, 1.807) is 30.6 Å². The lowest BCUT2D eigenvalue weighted by Gasteiger charge is -2.07. The quantitative estimate of drug-likeness (QED) is 0.747. The third-order valence-corrected chi connectivity index (χ3v) is 4.12. The van der Waals surface area contributed by atoms with Gasteiger partial charge in [-0.1, -0.05) is 0 Å².